The van der Waals surface area contributed by atoms with Crippen LogP contribution in [0.4, 0.5) is 23.2 Å². The molecule has 0 radical (unpaired) electrons. The second-order valence-electron chi connectivity index (χ2n) is 2.88. The Labute approximate surface area is 96.6 Å². The number of ether oxygens (including phenoxy) is 1. The molecular formula is C8H3F4N3O3. The van der Waals surface area contributed by atoms with Gasteiger partial charge < -0.3 is 4.74 Å². The summed E-state index contributed by atoms with van der Waals surface area (Å²) < 4.78 is 52.3. The average Bonchev–Trinajstić information content (AvgIpc) is 2.22. The summed E-state index contributed by atoms with van der Waals surface area (Å²) in [6.45, 7) is 0. The van der Waals surface area contributed by atoms with Gasteiger partial charge in [-0.25, -0.2) is 9.37 Å². The number of hydrogen-bond donors (Lipinski definition) is 0. The molecule has 0 aromatic carbocycles. The molecule has 6 nitrogen and oxygen atoms in total. The fraction of sp³-hybridized carbons (Fsp3) is 0.250. The van der Waals surface area contributed by atoms with Gasteiger partial charge in [-0.1, -0.05) is 0 Å². The average molecular weight is 265 g/mol. The Morgan fingerprint density at radius 2 is 2.17 bits per heavy atom. The lowest BCUT2D eigenvalue weighted by atomic mass is 10.1. The number of halogens is 4. The van der Waals surface area contributed by atoms with E-state index in [1.807, 2.05) is 0 Å². The summed E-state index contributed by atoms with van der Waals surface area (Å²) >= 11 is 0. The molecule has 0 amide bonds. The summed E-state index contributed by atoms with van der Waals surface area (Å²) in [7, 11) is 0. The van der Waals surface area contributed by atoms with Gasteiger partial charge >= 0.3 is 6.36 Å². The van der Waals surface area contributed by atoms with Crippen molar-refractivity contribution in [2.24, 2.45) is 0 Å². The summed E-state index contributed by atoms with van der Waals surface area (Å²) in [5, 5.41) is 18.8. The number of nitrogens with zero attached hydrogens (tertiary/aromatic N) is 3. The fourth-order valence-corrected chi connectivity index (χ4v) is 1.08. The van der Waals surface area contributed by atoms with E-state index in [0.29, 0.717) is 6.20 Å². The highest BCUT2D eigenvalue weighted by atomic mass is 19.4. The molecule has 10 heteroatoms. The van der Waals surface area contributed by atoms with Gasteiger partial charge in [0.15, 0.2) is 5.82 Å². The fourth-order valence-electron chi connectivity index (χ4n) is 1.08. The van der Waals surface area contributed by atoms with E-state index in [9.17, 15) is 27.7 Å². The molecular weight excluding hydrogens is 262 g/mol. The first-order valence-electron chi connectivity index (χ1n) is 4.20. The van der Waals surface area contributed by atoms with Gasteiger partial charge in [0.05, 0.1) is 23.0 Å². The molecule has 96 valence electrons. The number of hydrogen-bond acceptors (Lipinski definition) is 5. The number of rotatable bonds is 3. The van der Waals surface area contributed by atoms with E-state index in [2.05, 4.69) is 9.72 Å². The van der Waals surface area contributed by atoms with Crippen molar-refractivity contribution in [3.05, 3.63) is 27.7 Å². The van der Waals surface area contributed by atoms with Gasteiger partial charge in [0.1, 0.15) is 6.20 Å². The van der Waals surface area contributed by atoms with Crippen molar-refractivity contribution >= 4 is 5.69 Å². The molecule has 0 spiro atoms. The van der Waals surface area contributed by atoms with Crippen LogP contribution < -0.4 is 4.74 Å². The van der Waals surface area contributed by atoms with Gasteiger partial charge in [0.2, 0.25) is 0 Å². The van der Waals surface area contributed by atoms with Crippen molar-refractivity contribution in [3.63, 3.8) is 0 Å². The Morgan fingerprint density at radius 3 is 2.61 bits per heavy atom. The van der Waals surface area contributed by atoms with E-state index in [0.717, 1.165) is 0 Å². The zero-order valence-corrected chi connectivity index (χ0v) is 8.36. The monoisotopic (exact) mass is 265 g/mol. The Balaban J connectivity index is 3.31. The molecule has 1 rings (SSSR count). The summed E-state index contributed by atoms with van der Waals surface area (Å²) in [5.74, 6) is -3.14. The molecule has 0 saturated carbocycles. The van der Waals surface area contributed by atoms with Crippen molar-refractivity contribution < 1.29 is 27.2 Å². The van der Waals surface area contributed by atoms with Crippen molar-refractivity contribution in [2.45, 2.75) is 12.8 Å². The molecule has 0 unspecified atom stereocenters. The lowest BCUT2D eigenvalue weighted by molar-refractivity contribution is -0.386. The molecule has 1 aromatic rings. The van der Waals surface area contributed by atoms with Gasteiger partial charge in [-0.15, -0.1) is 13.2 Å². The van der Waals surface area contributed by atoms with E-state index >= 15 is 0 Å². The van der Waals surface area contributed by atoms with E-state index in [-0.39, 0.29) is 0 Å². The normalized spacial score (nSPS) is 10.8. The molecule has 0 aliphatic carbocycles. The quantitative estimate of drug-likeness (QED) is 0.474. The van der Waals surface area contributed by atoms with E-state index < -0.39 is 40.7 Å². The number of alkyl halides is 3. The first-order valence-corrected chi connectivity index (χ1v) is 4.20. The standard InChI is InChI=1S/C8H3F4N3O3/c9-6-4(1-2-13)5(15(16)17)3-14-7(6)18-8(10,11)12/h3H,1H2. The number of aromatic nitrogens is 1. The highest BCUT2D eigenvalue weighted by molar-refractivity contribution is 5.43. The summed E-state index contributed by atoms with van der Waals surface area (Å²) in [6.07, 6.45) is -5.57. The minimum Gasteiger partial charge on any atom is -0.385 e. The molecule has 0 N–H and O–H groups in total. The minimum absolute atomic E-state index is 0.400. The van der Waals surface area contributed by atoms with E-state index in [4.69, 9.17) is 5.26 Å². The zero-order valence-electron chi connectivity index (χ0n) is 8.36. The molecule has 1 heterocycles. The maximum absolute atomic E-state index is 13.5. The number of nitriles is 1. The van der Waals surface area contributed by atoms with Crippen molar-refractivity contribution in [3.8, 4) is 11.9 Å². The van der Waals surface area contributed by atoms with Crippen LogP contribution in [0, 0.1) is 27.3 Å². The van der Waals surface area contributed by atoms with Crippen molar-refractivity contribution in [1.82, 2.24) is 4.98 Å². The smallest absolute Gasteiger partial charge is 0.385 e. The van der Waals surface area contributed by atoms with Crippen LogP contribution in [0.2, 0.25) is 0 Å². The molecule has 0 aliphatic heterocycles. The molecule has 0 atom stereocenters. The number of nitro groups is 1. The molecule has 0 saturated heterocycles. The Morgan fingerprint density at radius 1 is 1.56 bits per heavy atom. The highest BCUT2D eigenvalue weighted by Crippen LogP contribution is 2.30. The predicted molar refractivity (Wildman–Crippen MR) is 46.8 cm³/mol. The van der Waals surface area contributed by atoms with Gasteiger partial charge in [0, 0.05) is 0 Å². The maximum Gasteiger partial charge on any atom is 0.574 e. The second kappa shape index (κ2) is 4.82. The van der Waals surface area contributed by atoms with Crippen LogP contribution in [-0.4, -0.2) is 16.3 Å². The van der Waals surface area contributed by atoms with Crippen molar-refractivity contribution in [2.75, 3.05) is 0 Å². The molecule has 1 aromatic heterocycles. The highest BCUT2D eigenvalue weighted by Gasteiger charge is 2.35. The summed E-state index contributed by atoms with van der Waals surface area (Å²) in [6, 6.07) is 1.40. The Hall–Kier alpha value is -2.44. The van der Waals surface area contributed by atoms with Crippen LogP contribution in [-0.2, 0) is 6.42 Å². The second-order valence-corrected chi connectivity index (χ2v) is 2.88. The van der Waals surface area contributed by atoms with E-state index in [1.54, 1.807) is 0 Å². The topological polar surface area (TPSA) is 89.0 Å². The van der Waals surface area contributed by atoms with Crippen LogP contribution in [0.5, 0.6) is 5.88 Å². The third kappa shape index (κ3) is 3.03. The van der Waals surface area contributed by atoms with Gasteiger partial charge in [-0.2, -0.15) is 5.26 Å². The van der Waals surface area contributed by atoms with Gasteiger partial charge in [-0.3, -0.25) is 10.1 Å². The van der Waals surface area contributed by atoms with Crippen molar-refractivity contribution in [1.29, 1.82) is 5.26 Å². The van der Waals surface area contributed by atoms with Crippen LogP contribution in [0.3, 0.4) is 0 Å². The lowest BCUT2D eigenvalue weighted by Crippen LogP contribution is -2.19. The Kier molecular flexibility index (Phi) is 3.65. The first kappa shape index (κ1) is 13.6. The molecule has 0 bridgehead atoms. The SMILES string of the molecule is N#CCc1c([N+](=O)[O-])cnc(OC(F)(F)F)c1F. The van der Waals surface area contributed by atoms with Crippen LogP contribution in [0.1, 0.15) is 5.56 Å². The summed E-state index contributed by atoms with van der Waals surface area (Å²) in [5.41, 5.74) is -1.69. The van der Waals surface area contributed by atoms with Crippen LogP contribution in [0.25, 0.3) is 0 Å². The van der Waals surface area contributed by atoms with Crippen LogP contribution in [0.15, 0.2) is 6.20 Å². The van der Waals surface area contributed by atoms with E-state index in [1.165, 1.54) is 6.07 Å². The van der Waals surface area contributed by atoms with Gasteiger partial charge in [-0.05, 0) is 0 Å². The minimum atomic E-state index is -5.19. The summed E-state index contributed by atoms with van der Waals surface area (Å²) in [4.78, 5) is 12.3. The molecule has 0 fully saturated rings. The first-order chi connectivity index (χ1) is 8.26. The zero-order chi connectivity index (χ0) is 13.9. The van der Waals surface area contributed by atoms with Gasteiger partial charge in [0.25, 0.3) is 11.6 Å². The third-order valence-corrected chi connectivity index (χ3v) is 1.73. The van der Waals surface area contributed by atoms with Crippen LogP contribution >= 0.6 is 0 Å². The third-order valence-electron chi connectivity index (χ3n) is 1.73. The Bertz CT molecular complexity index is 524. The maximum atomic E-state index is 13.5. The largest absolute Gasteiger partial charge is 0.574 e. The molecule has 0 aliphatic rings. The predicted octanol–water partition coefficient (Wildman–Crippen LogP) is 2.09. The molecule has 18 heavy (non-hydrogen) atoms. The number of pyridine rings is 1. The lowest BCUT2D eigenvalue weighted by Gasteiger charge is -2.09.